The van der Waals surface area contributed by atoms with Gasteiger partial charge in [0.25, 0.3) is 0 Å². The SMILES string of the molecule is NC[C@H]1O[C@@H](n2c(Br)nc3c(N)ncnc32)[C@H](O)[C@@H]1O. The summed E-state index contributed by atoms with van der Waals surface area (Å²) in [5, 5.41) is 20.0. The lowest BCUT2D eigenvalue weighted by Gasteiger charge is -2.17. The smallest absolute Gasteiger partial charge is 0.181 e. The van der Waals surface area contributed by atoms with E-state index in [1.165, 1.54) is 10.9 Å². The van der Waals surface area contributed by atoms with Crippen LogP contribution < -0.4 is 11.5 Å². The summed E-state index contributed by atoms with van der Waals surface area (Å²) in [5.74, 6) is 0.220. The van der Waals surface area contributed by atoms with Gasteiger partial charge in [-0.05, 0) is 15.9 Å². The Hall–Kier alpha value is -1.33. The highest BCUT2D eigenvalue weighted by atomic mass is 79.9. The third kappa shape index (κ3) is 1.88. The van der Waals surface area contributed by atoms with Crippen LogP contribution in [-0.4, -0.2) is 54.6 Å². The molecule has 10 heteroatoms. The minimum Gasteiger partial charge on any atom is -0.387 e. The molecule has 2 aromatic rings. The first-order valence-electron chi connectivity index (χ1n) is 5.90. The standard InChI is InChI=1S/C10H13BrN6O3/c11-10-16-4-7(13)14-2-15-8(4)17(10)9-6(19)5(18)3(1-12)20-9/h2-3,5-6,9,18-19H,1,12H2,(H2,13,14,15)/t3-,5-,6-,9-/m1/s1. The fourth-order valence-electron chi connectivity index (χ4n) is 2.26. The van der Waals surface area contributed by atoms with Crippen molar-refractivity contribution >= 4 is 32.9 Å². The second-order valence-electron chi connectivity index (χ2n) is 4.46. The molecule has 0 bridgehead atoms. The summed E-state index contributed by atoms with van der Waals surface area (Å²) in [7, 11) is 0. The van der Waals surface area contributed by atoms with Crippen molar-refractivity contribution in [2.45, 2.75) is 24.5 Å². The molecule has 3 rings (SSSR count). The van der Waals surface area contributed by atoms with E-state index in [9.17, 15) is 10.2 Å². The predicted molar refractivity (Wildman–Crippen MR) is 72.4 cm³/mol. The number of imidazole rings is 1. The number of aliphatic hydroxyl groups is 2. The molecule has 1 aliphatic rings. The molecule has 0 aliphatic carbocycles. The van der Waals surface area contributed by atoms with Crippen LogP contribution in [0.5, 0.6) is 0 Å². The van der Waals surface area contributed by atoms with Crippen molar-refractivity contribution in [3.05, 3.63) is 11.1 Å². The molecule has 3 heterocycles. The molecule has 9 nitrogen and oxygen atoms in total. The van der Waals surface area contributed by atoms with Crippen LogP contribution in [0, 0.1) is 0 Å². The van der Waals surface area contributed by atoms with Crippen molar-refractivity contribution < 1.29 is 14.9 Å². The molecule has 0 radical (unpaired) electrons. The van der Waals surface area contributed by atoms with Crippen LogP contribution in [0.2, 0.25) is 0 Å². The lowest BCUT2D eigenvalue weighted by Crippen LogP contribution is -2.35. The van der Waals surface area contributed by atoms with Gasteiger partial charge in [0.1, 0.15) is 24.6 Å². The molecule has 6 N–H and O–H groups in total. The Morgan fingerprint density at radius 1 is 1.35 bits per heavy atom. The second-order valence-corrected chi connectivity index (χ2v) is 5.17. The zero-order chi connectivity index (χ0) is 14.4. The van der Waals surface area contributed by atoms with Gasteiger partial charge in [0.15, 0.2) is 27.9 Å². The summed E-state index contributed by atoms with van der Waals surface area (Å²) in [6.07, 6.45) is -2.44. The molecule has 0 spiro atoms. The first-order chi connectivity index (χ1) is 9.54. The van der Waals surface area contributed by atoms with Gasteiger partial charge in [0.05, 0.1) is 0 Å². The Morgan fingerprint density at radius 3 is 2.75 bits per heavy atom. The summed E-state index contributed by atoms with van der Waals surface area (Å²) >= 11 is 3.27. The highest BCUT2D eigenvalue weighted by molar-refractivity contribution is 9.10. The lowest BCUT2D eigenvalue weighted by atomic mass is 10.1. The number of fused-ring (bicyclic) bond motifs is 1. The number of nitrogen functional groups attached to an aromatic ring is 1. The van der Waals surface area contributed by atoms with Crippen molar-refractivity contribution in [3.8, 4) is 0 Å². The van der Waals surface area contributed by atoms with E-state index in [1.54, 1.807) is 0 Å². The summed E-state index contributed by atoms with van der Waals surface area (Å²) in [4.78, 5) is 12.1. The van der Waals surface area contributed by atoms with Gasteiger partial charge in [-0.2, -0.15) is 0 Å². The van der Waals surface area contributed by atoms with Gasteiger partial charge < -0.3 is 26.4 Å². The third-order valence-electron chi connectivity index (χ3n) is 3.29. The molecular weight excluding hydrogens is 332 g/mol. The molecule has 0 aromatic carbocycles. The maximum Gasteiger partial charge on any atom is 0.181 e. The molecule has 1 saturated heterocycles. The van der Waals surface area contributed by atoms with E-state index in [0.29, 0.717) is 15.9 Å². The van der Waals surface area contributed by atoms with Crippen LogP contribution in [0.4, 0.5) is 5.82 Å². The first kappa shape index (κ1) is 13.6. The zero-order valence-corrected chi connectivity index (χ0v) is 11.8. The van der Waals surface area contributed by atoms with Crippen molar-refractivity contribution in [2.24, 2.45) is 5.73 Å². The van der Waals surface area contributed by atoms with Gasteiger partial charge in [-0.15, -0.1) is 0 Å². The van der Waals surface area contributed by atoms with Crippen molar-refractivity contribution in [1.29, 1.82) is 0 Å². The van der Waals surface area contributed by atoms with Crippen LogP contribution in [0.15, 0.2) is 11.1 Å². The number of aliphatic hydroxyl groups excluding tert-OH is 2. The number of nitrogens with two attached hydrogens (primary N) is 2. The molecule has 108 valence electrons. The number of ether oxygens (including phenoxy) is 1. The molecule has 1 aliphatic heterocycles. The fourth-order valence-corrected chi connectivity index (χ4v) is 2.81. The molecule has 0 saturated carbocycles. The summed E-state index contributed by atoms with van der Waals surface area (Å²) in [5.41, 5.74) is 12.0. The van der Waals surface area contributed by atoms with Gasteiger partial charge in [-0.1, -0.05) is 0 Å². The highest BCUT2D eigenvalue weighted by Gasteiger charge is 2.44. The minimum absolute atomic E-state index is 0.0934. The lowest BCUT2D eigenvalue weighted by molar-refractivity contribution is -0.0335. The molecular formula is C10H13BrN6O3. The summed E-state index contributed by atoms with van der Waals surface area (Å²) in [6, 6.07) is 0. The maximum absolute atomic E-state index is 10.1. The van der Waals surface area contributed by atoms with Gasteiger partial charge in [-0.3, -0.25) is 4.57 Å². The average Bonchev–Trinajstić information content (AvgIpc) is 2.90. The topological polar surface area (TPSA) is 145 Å². The summed E-state index contributed by atoms with van der Waals surface area (Å²) in [6.45, 7) is 0.0934. The van der Waals surface area contributed by atoms with Crippen LogP contribution in [0.25, 0.3) is 11.2 Å². The Bertz CT molecular complexity index is 649. The number of aromatic nitrogens is 4. The van der Waals surface area contributed by atoms with Crippen LogP contribution in [0.1, 0.15) is 6.23 Å². The second kappa shape index (κ2) is 4.90. The molecule has 2 aromatic heterocycles. The van der Waals surface area contributed by atoms with E-state index >= 15 is 0 Å². The number of rotatable bonds is 2. The van der Waals surface area contributed by atoms with E-state index in [1.807, 2.05) is 0 Å². The summed E-state index contributed by atoms with van der Waals surface area (Å²) < 4.78 is 7.45. The monoisotopic (exact) mass is 344 g/mol. The van der Waals surface area contributed by atoms with Gasteiger partial charge in [0.2, 0.25) is 0 Å². The predicted octanol–water partition coefficient (Wildman–Crippen LogP) is -1.25. The first-order valence-corrected chi connectivity index (χ1v) is 6.69. The largest absolute Gasteiger partial charge is 0.387 e. The van der Waals surface area contributed by atoms with Gasteiger partial charge in [-0.25, -0.2) is 15.0 Å². The third-order valence-corrected chi connectivity index (χ3v) is 3.85. The van der Waals surface area contributed by atoms with E-state index in [0.717, 1.165) is 0 Å². The van der Waals surface area contributed by atoms with E-state index in [2.05, 4.69) is 30.9 Å². The maximum atomic E-state index is 10.1. The minimum atomic E-state index is -1.14. The Morgan fingerprint density at radius 2 is 2.10 bits per heavy atom. The van der Waals surface area contributed by atoms with Crippen molar-refractivity contribution in [1.82, 2.24) is 19.5 Å². The number of hydrogen-bond acceptors (Lipinski definition) is 8. The van der Waals surface area contributed by atoms with Gasteiger partial charge in [0, 0.05) is 6.54 Å². The van der Waals surface area contributed by atoms with Crippen LogP contribution >= 0.6 is 15.9 Å². The molecule has 20 heavy (non-hydrogen) atoms. The molecule has 1 fully saturated rings. The Labute approximate surface area is 121 Å². The molecule has 0 unspecified atom stereocenters. The van der Waals surface area contributed by atoms with Crippen molar-refractivity contribution in [3.63, 3.8) is 0 Å². The highest BCUT2D eigenvalue weighted by Crippen LogP contribution is 2.34. The Balaban J connectivity index is 2.11. The Kier molecular flexibility index (Phi) is 3.34. The normalized spacial score (nSPS) is 30.2. The van der Waals surface area contributed by atoms with E-state index < -0.39 is 24.5 Å². The fraction of sp³-hybridized carbons (Fsp3) is 0.500. The average molecular weight is 345 g/mol. The van der Waals surface area contributed by atoms with E-state index in [4.69, 9.17) is 16.2 Å². The molecule has 0 amide bonds. The van der Waals surface area contributed by atoms with E-state index in [-0.39, 0.29) is 12.4 Å². The number of nitrogens with zero attached hydrogens (tertiary/aromatic N) is 4. The quantitative estimate of drug-likeness (QED) is 0.494. The molecule has 4 atom stereocenters. The van der Waals surface area contributed by atoms with Gasteiger partial charge >= 0.3 is 0 Å². The van der Waals surface area contributed by atoms with Crippen LogP contribution in [0.3, 0.4) is 0 Å². The zero-order valence-electron chi connectivity index (χ0n) is 10.2. The number of halogens is 1. The van der Waals surface area contributed by atoms with Crippen molar-refractivity contribution in [2.75, 3.05) is 12.3 Å². The number of hydrogen-bond donors (Lipinski definition) is 4. The van der Waals surface area contributed by atoms with Crippen LogP contribution in [-0.2, 0) is 4.74 Å². The number of anilines is 1.